The van der Waals surface area contributed by atoms with Gasteiger partial charge in [0.2, 0.25) is 0 Å². The van der Waals surface area contributed by atoms with Crippen LogP contribution in [0.1, 0.15) is 33.6 Å². The first-order valence-electron chi connectivity index (χ1n) is 5.12. The molecule has 1 aliphatic rings. The molecule has 0 aromatic carbocycles. The van der Waals surface area contributed by atoms with Crippen molar-refractivity contribution in [1.82, 2.24) is 4.90 Å². The maximum absolute atomic E-state index is 2.53. The fraction of sp³-hybridized carbons (Fsp3) is 1.00. The van der Waals surface area contributed by atoms with Crippen molar-refractivity contribution in [3.8, 4) is 0 Å². The monoisotopic (exact) mass is 189 g/mol. The lowest BCUT2D eigenvalue weighted by Gasteiger charge is -2.29. The fourth-order valence-corrected chi connectivity index (χ4v) is 2.14. The molecule has 0 N–H and O–H groups in total. The fourth-order valence-electron chi connectivity index (χ4n) is 1.46. The summed E-state index contributed by atoms with van der Waals surface area (Å²) in [5.74, 6) is 0. The molecule has 1 saturated heterocycles. The summed E-state index contributed by atoms with van der Waals surface area (Å²) in [6.07, 6.45) is 5.02. The third-order valence-electron chi connectivity index (χ3n) is 2.32. The summed E-state index contributed by atoms with van der Waals surface area (Å²) in [7, 11) is 0. The van der Waals surface area contributed by atoms with Crippen LogP contribution >= 0.6 is 11.8 Å². The van der Waals surface area contributed by atoms with Crippen LogP contribution in [0.4, 0.5) is 0 Å². The quantitative estimate of drug-likeness (QED) is 0.657. The van der Waals surface area contributed by atoms with Gasteiger partial charge >= 0.3 is 0 Å². The van der Waals surface area contributed by atoms with Gasteiger partial charge in [-0.2, -0.15) is 11.8 Å². The van der Waals surface area contributed by atoms with E-state index in [0.29, 0.717) is 0 Å². The predicted octanol–water partition coefficient (Wildman–Crippen LogP) is 2.86. The molecule has 0 radical (unpaired) electrons. The smallest absolute Gasteiger partial charge is 0.00685 e. The average Bonchev–Trinajstić information content (AvgIpc) is 2.21. The normalized spacial score (nSPS) is 20.0. The number of likely N-dealkylation sites (tertiary alicyclic amines) is 1. The lowest BCUT2D eigenvalue weighted by atomic mass is 10.1. The second kappa shape index (κ2) is 7.93. The van der Waals surface area contributed by atoms with Crippen LogP contribution in [0.5, 0.6) is 0 Å². The van der Waals surface area contributed by atoms with E-state index in [4.69, 9.17) is 0 Å². The zero-order chi connectivity index (χ0) is 9.40. The van der Waals surface area contributed by atoms with E-state index >= 15 is 0 Å². The molecule has 1 heterocycles. The zero-order valence-electron chi connectivity index (χ0n) is 8.97. The molecule has 0 bridgehead atoms. The van der Waals surface area contributed by atoms with E-state index < -0.39 is 0 Å². The molecular weight excluding hydrogens is 166 g/mol. The minimum atomic E-state index is 0.947. The van der Waals surface area contributed by atoms with Crippen LogP contribution < -0.4 is 0 Å². The summed E-state index contributed by atoms with van der Waals surface area (Å²) < 4.78 is 0. The Morgan fingerprint density at radius 3 is 2.08 bits per heavy atom. The van der Waals surface area contributed by atoms with Gasteiger partial charge in [0, 0.05) is 5.25 Å². The summed E-state index contributed by atoms with van der Waals surface area (Å²) in [4.78, 5) is 2.53. The number of rotatable bonds is 2. The number of hydrogen-bond donors (Lipinski definition) is 0. The van der Waals surface area contributed by atoms with Gasteiger partial charge in [0.15, 0.2) is 0 Å². The molecule has 0 aromatic heterocycles. The summed E-state index contributed by atoms with van der Waals surface area (Å²) >= 11 is 2.03. The van der Waals surface area contributed by atoms with Crippen LogP contribution in [-0.2, 0) is 0 Å². The summed E-state index contributed by atoms with van der Waals surface area (Å²) in [5.41, 5.74) is 0. The Hall–Kier alpha value is 0.310. The van der Waals surface area contributed by atoms with Crippen LogP contribution in [0.2, 0.25) is 0 Å². The van der Waals surface area contributed by atoms with Crippen LogP contribution in [0.3, 0.4) is 0 Å². The van der Waals surface area contributed by atoms with Crippen molar-refractivity contribution in [2.24, 2.45) is 0 Å². The van der Waals surface area contributed by atoms with Crippen LogP contribution in [0, 0.1) is 0 Å². The van der Waals surface area contributed by atoms with Crippen LogP contribution in [0.25, 0.3) is 0 Å². The van der Waals surface area contributed by atoms with Gasteiger partial charge < -0.3 is 4.90 Å². The largest absolute Gasteiger partial charge is 0.304 e. The molecule has 1 rings (SSSR count). The Morgan fingerprint density at radius 1 is 1.25 bits per heavy atom. The Balaban J connectivity index is 0.000000561. The van der Waals surface area contributed by atoms with Crippen molar-refractivity contribution in [2.75, 3.05) is 25.9 Å². The molecule has 0 aromatic rings. The van der Waals surface area contributed by atoms with Gasteiger partial charge in [-0.1, -0.05) is 20.8 Å². The van der Waals surface area contributed by atoms with Gasteiger partial charge in [-0.05, 0) is 38.7 Å². The Morgan fingerprint density at radius 2 is 1.75 bits per heavy atom. The lowest BCUT2D eigenvalue weighted by molar-refractivity contribution is 0.244. The van der Waals surface area contributed by atoms with E-state index in [1.54, 1.807) is 0 Å². The minimum Gasteiger partial charge on any atom is -0.304 e. The van der Waals surface area contributed by atoms with E-state index in [9.17, 15) is 0 Å². The van der Waals surface area contributed by atoms with Gasteiger partial charge in [0.05, 0.1) is 0 Å². The van der Waals surface area contributed by atoms with Gasteiger partial charge in [-0.15, -0.1) is 0 Å². The van der Waals surface area contributed by atoms with Crippen LogP contribution in [0.15, 0.2) is 0 Å². The van der Waals surface area contributed by atoms with Crippen molar-refractivity contribution < 1.29 is 0 Å². The second-order valence-electron chi connectivity index (χ2n) is 2.87. The number of piperidine rings is 1. The van der Waals surface area contributed by atoms with Crippen molar-refractivity contribution >= 4 is 11.8 Å². The van der Waals surface area contributed by atoms with E-state index in [2.05, 4.69) is 18.1 Å². The average molecular weight is 189 g/mol. The molecule has 1 nitrogen and oxygen atoms in total. The van der Waals surface area contributed by atoms with Crippen molar-refractivity contribution in [3.05, 3.63) is 0 Å². The molecule has 74 valence electrons. The first-order valence-corrected chi connectivity index (χ1v) is 6.40. The topological polar surface area (TPSA) is 3.24 Å². The van der Waals surface area contributed by atoms with Crippen molar-refractivity contribution in [3.63, 3.8) is 0 Å². The summed E-state index contributed by atoms with van der Waals surface area (Å²) in [6, 6.07) is 0. The molecule has 0 unspecified atom stereocenters. The zero-order valence-corrected chi connectivity index (χ0v) is 9.78. The van der Waals surface area contributed by atoms with E-state index in [0.717, 1.165) is 5.25 Å². The molecule has 0 spiro atoms. The number of hydrogen-bond acceptors (Lipinski definition) is 2. The maximum atomic E-state index is 2.53. The molecular formula is C10H23NS. The van der Waals surface area contributed by atoms with E-state index in [-0.39, 0.29) is 0 Å². The first-order chi connectivity index (χ1) is 5.86. The van der Waals surface area contributed by atoms with Crippen molar-refractivity contribution in [1.29, 1.82) is 0 Å². The molecule has 1 aliphatic heterocycles. The molecule has 1 fully saturated rings. The Kier molecular flexibility index (Phi) is 8.14. The van der Waals surface area contributed by atoms with Gasteiger partial charge in [-0.3, -0.25) is 0 Å². The highest BCUT2D eigenvalue weighted by atomic mass is 32.2. The first kappa shape index (κ1) is 12.3. The predicted molar refractivity (Wildman–Crippen MR) is 60.0 cm³/mol. The Labute approximate surface area is 81.9 Å². The Bertz CT molecular complexity index is 75.8. The maximum Gasteiger partial charge on any atom is 0.00685 e. The highest BCUT2D eigenvalue weighted by Gasteiger charge is 2.15. The minimum absolute atomic E-state index is 0.947. The highest BCUT2D eigenvalue weighted by Crippen LogP contribution is 2.20. The van der Waals surface area contributed by atoms with Crippen molar-refractivity contribution in [2.45, 2.75) is 38.9 Å². The molecule has 0 atom stereocenters. The van der Waals surface area contributed by atoms with E-state index in [1.807, 2.05) is 25.6 Å². The molecule has 2 heteroatoms. The third-order valence-corrected chi connectivity index (χ3v) is 3.45. The molecule has 0 saturated carbocycles. The number of thioether (sulfide) groups is 1. The van der Waals surface area contributed by atoms with Gasteiger partial charge in [0.25, 0.3) is 0 Å². The summed E-state index contributed by atoms with van der Waals surface area (Å²) in [6.45, 7) is 10.1. The van der Waals surface area contributed by atoms with Crippen LogP contribution in [-0.4, -0.2) is 36.0 Å². The second-order valence-corrected chi connectivity index (χ2v) is 4.01. The van der Waals surface area contributed by atoms with Gasteiger partial charge in [0.1, 0.15) is 0 Å². The molecule has 0 aliphatic carbocycles. The third kappa shape index (κ3) is 4.36. The van der Waals surface area contributed by atoms with Gasteiger partial charge in [-0.25, -0.2) is 0 Å². The summed E-state index contributed by atoms with van der Waals surface area (Å²) in [5, 5.41) is 0.947. The van der Waals surface area contributed by atoms with E-state index in [1.165, 1.54) is 32.5 Å². The standard InChI is InChI=1S/C8H17NS.C2H6/c1-3-9-6-4-8(10-2)5-7-9;1-2/h8H,3-7H2,1-2H3;1-2H3. The number of nitrogens with zero attached hydrogens (tertiary/aromatic N) is 1. The molecule has 12 heavy (non-hydrogen) atoms. The lowest BCUT2D eigenvalue weighted by Crippen LogP contribution is -2.34. The highest BCUT2D eigenvalue weighted by molar-refractivity contribution is 7.99. The molecule has 0 amide bonds. The SMILES string of the molecule is CC.CCN1CCC(SC)CC1.